The molecular weight excluding hydrogens is 284 g/mol. The summed E-state index contributed by atoms with van der Waals surface area (Å²) in [6.45, 7) is 12.6. The van der Waals surface area contributed by atoms with Gasteiger partial charge in [-0.05, 0) is 60.4 Å². The summed E-state index contributed by atoms with van der Waals surface area (Å²) < 4.78 is 0. The lowest BCUT2D eigenvalue weighted by molar-refractivity contribution is 0.356. The number of phenols is 1. The highest BCUT2D eigenvalue weighted by atomic mass is 16.3. The summed E-state index contributed by atoms with van der Waals surface area (Å²) in [4.78, 5) is 0. The molecule has 23 heavy (non-hydrogen) atoms. The second-order valence-electron chi connectivity index (χ2n) is 7.60. The minimum absolute atomic E-state index is 0.148. The summed E-state index contributed by atoms with van der Waals surface area (Å²) in [5.74, 6) is 1.01. The smallest absolute Gasteiger partial charge is 0.115 e. The van der Waals surface area contributed by atoms with Gasteiger partial charge in [-0.15, -0.1) is 0 Å². The highest BCUT2D eigenvalue weighted by Crippen LogP contribution is 2.58. The first-order chi connectivity index (χ1) is 10.7. The number of aliphatic hydroxyl groups excluding tert-OH is 1. The Morgan fingerprint density at radius 2 is 1.83 bits per heavy atom. The van der Waals surface area contributed by atoms with Crippen molar-refractivity contribution in [1.82, 2.24) is 0 Å². The summed E-state index contributed by atoms with van der Waals surface area (Å²) in [5.41, 5.74) is 2.40. The standard InChI is InChI=1S/C21H28O2/c1-6-17(8-7-16(3)22)21(14-20(4,5)13-15(21)2)18-9-11-19(23)12-10-18/h6-12,15,22-23H,1,13-14H2,2-5H3/b16-7+,17-8+. The van der Waals surface area contributed by atoms with E-state index >= 15 is 0 Å². The zero-order valence-corrected chi connectivity index (χ0v) is 14.6. The van der Waals surface area contributed by atoms with Crippen molar-refractivity contribution in [2.45, 2.75) is 46.0 Å². The molecule has 0 saturated heterocycles. The van der Waals surface area contributed by atoms with E-state index in [9.17, 15) is 10.2 Å². The van der Waals surface area contributed by atoms with Gasteiger partial charge in [0, 0.05) is 5.41 Å². The lowest BCUT2D eigenvalue weighted by atomic mass is 9.66. The maximum Gasteiger partial charge on any atom is 0.115 e. The van der Waals surface area contributed by atoms with Crippen LogP contribution in [0, 0.1) is 11.3 Å². The number of aliphatic hydroxyl groups is 1. The van der Waals surface area contributed by atoms with Gasteiger partial charge in [0.15, 0.2) is 0 Å². The normalized spacial score (nSPS) is 27.9. The first kappa shape index (κ1) is 17.4. The summed E-state index contributed by atoms with van der Waals surface area (Å²) in [6, 6.07) is 7.53. The maximum absolute atomic E-state index is 9.65. The van der Waals surface area contributed by atoms with Crippen LogP contribution in [0.15, 0.2) is 60.4 Å². The van der Waals surface area contributed by atoms with E-state index in [1.807, 2.05) is 24.3 Å². The molecule has 2 nitrogen and oxygen atoms in total. The number of hydrogen-bond donors (Lipinski definition) is 2. The van der Waals surface area contributed by atoms with Gasteiger partial charge in [0.25, 0.3) is 0 Å². The molecule has 1 aliphatic carbocycles. The average molecular weight is 312 g/mol. The fourth-order valence-corrected chi connectivity index (χ4v) is 4.31. The minimum atomic E-state index is -0.148. The SMILES string of the molecule is C=C/C(=C\C=C(/C)O)C1(c2ccc(O)cc2)CC(C)(C)CC1C. The zero-order chi connectivity index (χ0) is 17.3. The van der Waals surface area contributed by atoms with Crippen LogP contribution in [0.5, 0.6) is 5.75 Å². The van der Waals surface area contributed by atoms with Crippen molar-refractivity contribution in [3.05, 3.63) is 66.0 Å². The van der Waals surface area contributed by atoms with Gasteiger partial charge < -0.3 is 10.2 Å². The summed E-state index contributed by atoms with van der Waals surface area (Å²) in [6.07, 6.45) is 7.76. The Balaban J connectivity index is 2.65. The second-order valence-corrected chi connectivity index (χ2v) is 7.60. The largest absolute Gasteiger partial charge is 0.513 e. The van der Waals surface area contributed by atoms with E-state index in [1.165, 1.54) is 5.56 Å². The Labute approximate surface area is 139 Å². The molecule has 1 aromatic rings. The van der Waals surface area contributed by atoms with Crippen LogP contribution in [-0.4, -0.2) is 10.2 Å². The molecule has 2 atom stereocenters. The molecule has 0 bridgehead atoms. The molecule has 0 radical (unpaired) electrons. The molecule has 2 rings (SSSR count). The van der Waals surface area contributed by atoms with Gasteiger partial charge in [0.05, 0.1) is 5.76 Å². The van der Waals surface area contributed by atoms with Crippen LogP contribution in [0.3, 0.4) is 0 Å². The predicted octanol–water partition coefficient (Wildman–Crippen LogP) is 5.66. The van der Waals surface area contributed by atoms with Gasteiger partial charge in [0.1, 0.15) is 5.75 Å². The van der Waals surface area contributed by atoms with Crippen LogP contribution in [0.25, 0.3) is 0 Å². The van der Waals surface area contributed by atoms with E-state index < -0.39 is 0 Å². The van der Waals surface area contributed by atoms with Crippen LogP contribution in [-0.2, 0) is 5.41 Å². The Hall–Kier alpha value is -1.96. The lowest BCUT2D eigenvalue weighted by Gasteiger charge is -2.37. The summed E-state index contributed by atoms with van der Waals surface area (Å²) in [5, 5.41) is 19.2. The minimum Gasteiger partial charge on any atom is -0.513 e. The predicted molar refractivity (Wildman–Crippen MR) is 96.6 cm³/mol. The number of rotatable bonds is 4. The lowest BCUT2D eigenvalue weighted by Crippen LogP contribution is -2.31. The van der Waals surface area contributed by atoms with E-state index in [-0.39, 0.29) is 22.3 Å². The molecule has 0 heterocycles. The fourth-order valence-electron chi connectivity index (χ4n) is 4.31. The number of hydrogen-bond acceptors (Lipinski definition) is 2. The highest BCUT2D eigenvalue weighted by molar-refractivity contribution is 5.47. The topological polar surface area (TPSA) is 40.5 Å². The van der Waals surface area contributed by atoms with E-state index in [2.05, 4.69) is 27.4 Å². The van der Waals surface area contributed by atoms with Gasteiger partial charge >= 0.3 is 0 Å². The quantitative estimate of drug-likeness (QED) is 0.556. The molecule has 0 spiro atoms. The van der Waals surface area contributed by atoms with Crippen molar-refractivity contribution in [2.75, 3.05) is 0 Å². The van der Waals surface area contributed by atoms with Crippen molar-refractivity contribution in [3.63, 3.8) is 0 Å². The van der Waals surface area contributed by atoms with E-state index in [0.29, 0.717) is 5.92 Å². The zero-order valence-electron chi connectivity index (χ0n) is 14.6. The molecule has 0 aromatic heterocycles. The van der Waals surface area contributed by atoms with Crippen LogP contribution in [0.4, 0.5) is 0 Å². The Kier molecular flexibility index (Phi) is 4.74. The number of allylic oxidation sites excluding steroid dienone is 5. The molecule has 2 unspecified atom stereocenters. The third-order valence-corrected chi connectivity index (χ3v) is 5.08. The first-order valence-electron chi connectivity index (χ1n) is 8.21. The number of aromatic hydroxyl groups is 1. The van der Waals surface area contributed by atoms with Crippen molar-refractivity contribution >= 4 is 0 Å². The Bertz CT molecular complexity index is 630. The molecule has 1 saturated carbocycles. The van der Waals surface area contributed by atoms with Gasteiger partial charge in [0.2, 0.25) is 0 Å². The fraction of sp³-hybridized carbons (Fsp3) is 0.429. The summed E-state index contributed by atoms with van der Waals surface area (Å²) in [7, 11) is 0. The molecule has 2 heteroatoms. The summed E-state index contributed by atoms with van der Waals surface area (Å²) >= 11 is 0. The Morgan fingerprint density at radius 1 is 1.22 bits per heavy atom. The van der Waals surface area contributed by atoms with Crippen LogP contribution < -0.4 is 0 Å². The van der Waals surface area contributed by atoms with Crippen molar-refractivity contribution in [2.24, 2.45) is 11.3 Å². The van der Waals surface area contributed by atoms with Gasteiger partial charge in [-0.1, -0.05) is 51.6 Å². The number of phenolic OH excluding ortho intramolecular Hbond substituents is 1. The Morgan fingerprint density at radius 3 is 2.26 bits per heavy atom. The molecule has 0 amide bonds. The third kappa shape index (κ3) is 3.36. The average Bonchev–Trinajstić information content (AvgIpc) is 2.70. The number of benzene rings is 1. The molecule has 2 N–H and O–H groups in total. The third-order valence-electron chi connectivity index (χ3n) is 5.08. The highest BCUT2D eigenvalue weighted by Gasteiger charge is 2.50. The van der Waals surface area contributed by atoms with Gasteiger partial charge in [-0.25, -0.2) is 0 Å². The molecule has 0 aliphatic heterocycles. The van der Waals surface area contributed by atoms with E-state index in [0.717, 1.165) is 18.4 Å². The molecule has 124 valence electrons. The second kappa shape index (κ2) is 6.27. The van der Waals surface area contributed by atoms with Gasteiger partial charge in [-0.3, -0.25) is 0 Å². The van der Waals surface area contributed by atoms with Crippen molar-refractivity contribution < 1.29 is 10.2 Å². The van der Waals surface area contributed by atoms with Crippen LogP contribution >= 0.6 is 0 Å². The van der Waals surface area contributed by atoms with Crippen LogP contribution in [0.2, 0.25) is 0 Å². The molecular formula is C21H28O2. The molecule has 1 fully saturated rings. The van der Waals surface area contributed by atoms with Gasteiger partial charge in [-0.2, -0.15) is 0 Å². The van der Waals surface area contributed by atoms with E-state index in [1.54, 1.807) is 25.1 Å². The maximum atomic E-state index is 9.65. The van der Waals surface area contributed by atoms with Crippen molar-refractivity contribution in [1.29, 1.82) is 0 Å². The monoisotopic (exact) mass is 312 g/mol. The van der Waals surface area contributed by atoms with Crippen molar-refractivity contribution in [3.8, 4) is 5.75 Å². The first-order valence-corrected chi connectivity index (χ1v) is 8.21. The molecule has 1 aliphatic rings. The van der Waals surface area contributed by atoms with Crippen LogP contribution in [0.1, 0.15) is 46.1 Å². The van der Waals surface area contributed by atoms with E-state index in [4.69, 9.17) is 0 Å². The molecule has 1 aromatic carbocycles.